The van der Waals surface area contributed by atoms with Gasteiger partial charge in [0, 0.05) is 23.0 Å². The minimum Gasteiger partial charge on any atom is -0.361 e. The van der Waals surface area contributed by atoms with Crippen LogP contribution in [-0.4, -0.2) is 9.97 Å². The molecule has 0 saturated carbocycles. The molecule has 0 unspecified atom stereocenters. The first-order valence-electron chi connectivity index (χ1n) is 6.40. The highest BCUT2D eigenvalue weighted by Gasteiger charge is 2.12. The number of H-pyrrole nitrogens is 1. The number of pyridine rings is 1. The molecule has 1 aromatic carbocycles. The van der Waals surface area contributed by atoms with Crippen molar-refractivity contribution in [3.63, 3.8) is 0 Å². The molecule has 0 fully saturated rings. The van der Waals surface area contributed by atoms with Gasteiger partial charge in [-0.05, 0) is 25.1 Å². The molecule has 0 aliphatic carbocycles. The van der Waals surface area contributed by atoms with E-state index < -0.39 is 0 Å². The van der Waals surface area contributed by atoms with Crippen molar-refractivity contribution < 1.29 is 0 Å². The monoisotopic (exact) mass is 259 g/mol. The summed E-state index contributed by atoms with van der Waals surface area (Å²) in [5, 5.41) is 9.36. The van der Waals surface area contributed by atoms with Gasteiger partial charge in [-0.1, -0.05) is 30.3 Å². The molecule has 0 spiro atoms. The molecule has 2 heterocycles. The largest absolute Gasteiger partial charge is 0.361 e. The van der Waals surface area contributed by atoms with E-state index in [1.54, 1.807) is 0 Å². The molecule has 0 bridgehead atoms. The van der Waals surface area contributed by atoms with E-state index in [2.05, 4.69) is 16.0 Å². The van der Waals surface area contributed by atoms with E-state index in [4.69, 9.17) is 0 Å². The molecular formula is C17H13N3. The molecule has 0 aliphatic rings. The summed E-state index contributed by atoms with van der Waals surface area (Å²) in [6.07, 6.45) is 1.86. The van der Waals surface area contributed by atoms with Gasteiger partial charge in [-0.2, -0.15) is 5.26 Å². The third kappa shape index (κ3) is 2.08. The lowest BCUT2D eigenvalue weighted by Gasteiger charge is -2.09. The summed E-state index contributed by atoms with van der Waals surface area (Å²) in [5.41, 5.74) is 5.12. The molecule has 3 heteroatoms. The molecule has 0 radical (unpaired) electrons. The number of nitriles is 1. The molecule has 96 valence electrons. The molecule has 2 aromatic heterocycles. The predicted octanol–water partition coefficient (Wildman–Crippen LogP) is 3.92. The number of benzene rings is 1. The van der Waals surface area contributed by atoms with Gasteiger partial charge in [-0.15, -0.1) is 0 Å². The van der Waals surface area contributed by atoms with Crippen molar-refractivity contribution in [1.29, 1.82) is 5.26 Å². The quantitative estimate of drug-likeness (QED) is 0.758. The molecule has 3 aromatic rings. The standard InChI is InChI=1S/C17H13N3/c1-12-15(11-18)14(16-8-5-9-19-16)10-17(20-12)13-6-3-2-4-7-13/h2-10,19H,1H3. The molecule has 3 nitrogen and oxygen atoms in total. The number of nitrogens with zero attached hydrogens (tertiary/aromatic N) is 2. The Hall–Kier alpha value is -2.86. The third-order valence-electron chi connectivity index (χ3n) is 3.27. The Balaban J connectivity index is 2.24. The van der Waals surface area contributed by atoms with Crippen LogP contribution in [0.3, 0.4) is 0 Å². The minimum atomic E-state index is 0.618. The Morgan fingerprint density at radius 1 is 1.10 bits per heavy atom. The first-order chi connectivity index (χ1) is 9.79. The van der Waals surface area contributed by atoms with Gasteiger partial charge in [0.25, 0.3) is 0 Å². The van der Waals surface area contributed by atoms with E-state index in [9.17, 15) is 5.26 Å². The van der Waals surface area contributed by atoms with Crippen LogP contribution >= 0.6 is 0 Å². The summed E-state index contributed by atoms with van der Waals surface area (Å²) in [6.45, 7) is 1.87. The zero-order chi connectivity index (χ0) is 13.9. The summed E-state index contributed by atoms with van der Waals surface area (Å²) in [5.74, 6) is 0. The second-order valence-corrected chi connectivity index (χ2v) is 4.58. The summed E-state index contributed by atoms with van der Waals surface area (Å²) >= 11 is 0. The Morgan fingerprint density at radius 2 is 1.90 bits per heavy atom. The van der Waals surface area contributed by atoms with Crippen molar-refractivity contribution in [2.75, 3.05) is 0 Å². The zero-order valence-corrected chi connectivity index (χ0v) is 11.1. The first-order valence-corrected chi connectivity index (χ1v) is 6.40. The van der Waals surface area contributed by atoms with Crippen molar-refractivity contribution in [1.82, 2.24) is 9.97 Å². The van der Waals surface area contributed by atoms with Gasteiger partial charge in [0.05, 0.1) is 17.0 Å². The highest BCUT2D eigenvalue weighted by atomic mass is 14.7. The number of nitrogens with one attached hydrogen (secondary N) is 1. The maximum Gasteiger partial charge on any atom is 0.102 e. The van der Waals surface area contributed by atoms with Crippen molar-refractivity contribution in [2.24, 2.45) is 0 Å². The van der Waals surface area contributed by atoms with Crippen LogP contribution in [0, 0.1) is 18.3 Å². The SMILES string of the molecule is Cc1nc(-c2ccccc2)cc(-c2ccc[nH]2)c1C#N. The average Bonchev–Trinajstić information content (AvgIpc) is 3.01. The summed E-state index contributed by atoms with van der Waals surface area (Å²) in [4.78, 5) is 7.70. The fourth-order valence-corrected chi connectivity index (χ4v) is 2.28. The van der Waals surface area contributed by atoms with Gasteiger partial charge < -0.3 is 4.98 Å². The highest BCUT2D eigenvalue weighted by Crippen LogP contribution is 2.28. The van der Waals surface area contributed by atoms with Crippen LogP contribution in [0.1, 0.15) is 11.3 Å². The number of aryl methyl sites for hydroxylation is 1. The predicted molar refractivity (Wildman–Crippen MR) is 78.9 cm³/mol. The van der Waals surface area contributed by atoms with E-state index in [1.165, 1.54) is 0 Å². The fraction of sp³-hybridized carbons (Fsp3) is 0.0588. The van der Waals surface area contributed by atoms with Crippen molar-refractivity contribution in [3.8, 4) is 28.6 Å². The van der Waals surface area contributed by atoms with E-state index in [-0.39, 0.29) is 0 Å². The minimum absolute atomic E-state index is 0.618. The molecule has 0 saturated heterocycles. The van der Waals surface area contributed by atoms with Gasteiger partial charge in [0.1, 0.15) is 6.07 Å². The Bertz CT molecular complexity index is 766. The van der Waals surface area contributed by atoms with Crippen molar-refractivity contribution >= 4 is 0 Å². The first kappa shape index (κ1) is 12.2. The van der Waals surface area contributed by atoms with Gasteiger partial charge in [-0.25, -0.2) is 0 Å². The third-order valence-corrected chi connectivity index (χ3v) is 3.27. The Labute approximate surface area is 117 Å². The second-order valence-electron chi connectivity index (χ2n) is 4.58. The molecule has 20 heavy (non-hydrogen) atoms. The zero-order valence-electron chi connectivity index (χ0n) is 11.1. The number of hydrogen-bond donors (Lipinski definition) is 1. The van der Waals surface area contributed by atoms with Crippen LogP contribution in [0.2, 0.25) is 0 Å². The average molecular weight is 259 g/mol. The second kappa shape index (κ2) is 5.02. The van der Waals surface area contributed by atoms with Crippen LogP contribution in [0.15, 0.2) is 54.7 Å². The van der Waals surface area contributed by atoms with E-state index in [0.29, 0.717) is 5.56 Å². The molecule has 3 rings (SSSR count). The van der Waals surface area contributed by atoms with E-state index in [1.807, 2.05) is 61.7 Å². The maximum atomic E-state index is 9.36. The van der Waals surface area contributed by atoms with Crippen LogP contribution < -0.4 is 0 Å². The van der Waals surface area contributed by atoms with Crippen LogP contribution in [0.5, 0.6) is 0 Å². The normalized spacial score (nSPS) is 10.2. The number of aromatic amines is 1. The molecule has 0 atom stereocenters. The number of aromatic nitrogens is 2. The number of rotatable bonds is 2. The van der Waals surface area contributed by atoms with Gasteiger partial charge in [0.15, 0.2) is 0 Å². The lowest BCUT2D eigenvalue weighted by atomic mass is 10.0. The Kier molecular flexibility index (Phi) is 3.06. The fourth-order valence-electron chi connectivity index (χ4n) is 2.28. The maximum absolute atomic E-state index is 9.36. The molecular weight excluding hydrogens is 246 g/mol. The smallest absolute Gasteiger partial charge is 0.102 e. The lowest BCUT2D eigenvalue weighted by Crippen LogP contribution is -1.96. The molecule has 1 N–H and O–H groups in total. The molecule has 0 aliphatic heterocycles. The summed E-state index contributed by atoms with van der Waals surface area (Å²) in [7, 11) is 0. The van der Waals surface area contributed by atoms with E-state index >= 15 is 0 Å². The highest BCUT2D eigenvalue weighted by molar-refractivity contribution is 5.74. The van der Waals surface area contributed by atoms with E-state index in [0.717, 1.165) is 28.2 Å². The van der Waals surface area contributed by atoms with Gasteiger partial charge >= 0.3 is 0 Å². The number of hydrogen-bond acceptors (Lipinski definition) is 2. The summed E-state index contributed by atoms with van der Waals surface area (Å²) in [6, 6.07) is 18.1. The summed E-state index contributed by atoms with van der Waals surface area (Å²) < 4.78 is 0. The Morgan fingerprint density at radius 3 is 2.55 bits per heavy atom. The van der Waals surface area contributed by atoms with Gasteiger partial charge in [-0.3, -0.25) is 4.98 Å². The van der Waals surface area contributed by atoms with Gasteiger partial charge in [0.2, 0.25) is 0 Å². The van der Waals surface area contributed by atoms with Crippen molar-refractivity contribution in [2.45, 2.75) is 6.92 Å². The van der Waals surface area contributed by atoms with Crippen LogP contribution in [0.25, 0.3) is 22.5 Å². The van der Waals surface area contributed by atoms with Crippen LogP contribution in [-0.2, 0) is 0 Å². The lowest BCUT2D eigenvalue weighted by molar-refractivity contribution is 1.18. The molecule has 0 amide bonds. The topological polar surface area (TPSA) is 52.5 Å². The van der Waals surface area contributed by atoms with Crippen molar-refractivity contribution in [3.05, 3.63) is 66.0 Å². The van der Waals surface area contributed by atoms with Crippen LogP contribution in [0.4, 0.5) is 0 Å².